The van der Waals surface area contributed by atoms with E-state index in [4.69, 9.17) is 0 Å². The molecule has 0 bridgehead atoms. The Balaban J connectivity index is 1.86. The van der Waals surface area contributed by atoms with Crippen LogP contribution < -0.4 is 15.4 Å². The highest BCUT2D eigenvalue weighted by molar-refractivity contribution is 5.90. The van der Waals surface area contributed by atoms with Gasteiger partial charge in [-0.1, -0.05) is 42.5 Å². The van der Waals surface area contributed by atoms with Gasteiger partial charge < -0.3 is 15.4 Å². The van der Waals surface area contributed by atoms with E-state index in [-0.39, 0.29) is 23.3 Å². The fourth-order valence-corrected chi connectivity index (χ4v) is 4.62. The third-order valence-corrected chi connectivity index (χ3v) is 6.46. The SMILES string of the molecule is O=C(NC1CCCC1=O)N[C@](Cc1ccccc1)(c1ccc(F)cc1)c1cc(F)cc(OC(F)(F)C(F)F)c1. The van der Waals surface area contributed by atoms with E-state index >= 15 is 0 Å². The Hall–Kier alpha value is -4.02. The smallest absolute Gasteiger partial charge is 0.428 e. The molecule has 2 amide bonds. The number of nitrogens with one attached hydrogen (secondary N) is 2. The normalized spacial score (nSPS) is 17.1. The monoisotopic (exact) mass is 550 g/mol. The molecule has 0 radical (unpaired) electrons. The van der Waals surface area contributed by atoms with Gasteiger partial charge in [0.1, 0.15) is 17.4 Å². The van der Waals surface area contributed by atoms with Crippen LogP contribution in [0.5, 0.6) is 5.75 Å². The molecule has 1 aliphatic rings. The zero-order valence-electron chi connectivity index (χ0n) is 20.4. The number of hydrogen-bond donors (Lipinski definition) is 2. The average Bonchev–Trinajstić information content (AvgIpc) is 3.27. The lowest BCUT2D eigenvalue weighted by Crippen LogP contribution is -2.54. The van der Waals surface area contributed by atoms with Gasteiger partial charge in [0.05, 0.1) is 11.6 Å². The summed E-state index contributed by atoms with van der Waals surface area (Å²) in [6.45, 7) is 0. The van der Waals surface area contributed by atoms with Crippen molar-refractivity contribution in [3.05, 3.63) is 101 Å². The lowest BCUT2D eigenvalue weighted by molar-refractivity contribution is -0.253. The van der Waals surface area contributed by atoms with Gasteiger partial charge in [-0.15, -0.1) is 0 Å². The standard InChI is InChI=1S/C28H24F6N2O3/c29-20-11-9-18(10-12-20)27(16-17-5-2-1-3-6-17,36-26(38)35-23-7-4-8-24(23)37)19-13-21(30)15-22(14-19)39-28(33,34)25(31)32/h1-3,5-6,9-15,23,25H,4,7-8,16H2,(H2,35,36,38)/t23?,27-/m1/s1. The van der Waals surface area contributed by atoms with Crippen molar-refractivity contribution >= 4 is 11.8 Å². The summed E-state index contributed by atoms with van der Waals surface area (Å²) in [5, 5.41) is 5.32. The third kappa shape index (κ3) is 6.52. The highest BCUT2D eigenvalue weighted by Crippen LogP contribution is 2.38. The van der Waals surface area contributed by atoms with E-state index in [1.54, 1.807) is 30.3 Å². The molecule has 3 aromatic rings. The van der Waals surface area contributed by atoms with Gasteiger partial charge in [0.15, 0.2) is 5.78 Å². The molecule has 0 spiro atoms. The summed E-state index contributed by atoms with van der Waals surface area (Å²) in [4.78, 5) is 25.4. The minimum absolute atomic E-state index is 0.0976. The van der Waals surface area contributed by atoms with Gasteiger partial charge in [-0.25, -0.2) is 13.6 Å². The van der Waals surface area contributed by atoms with Crippen LogP contribution in [0, 0.1) is 11.6 Å². The van der Waals surface area contributed by atoms with E-state index < -0.39 is 47.5 Å². The molecule has 1 saturated carbocycles. The fourth-order valence-electron chi connectivity index (χ4n) is 4.62. The number of benzene rings is 3. The van der Waals surface area contributed by atoms with Gasteiger partial charge in [-0.05, 0) is 53.8 Å². The number of carbonyl (C=O) groups excluding carboxylic acids is 2. The first-order valence-electron chi connectivity index (χ1n) is 12.1. The summed E-state index contributed by atoms with van der Waals surface area (Å²) in [7, 11) is 0. The predicted octanol–water partition coefficient (Wildman–Crippen LogP) is 6.11. The molecule has 1 unspecified atom stereocenters. The number of hydrogen-bond acceptors (Lipinski definition) is 3. The summed E-state index contributed by atoms with van der Waals surface area (Å²) in [6.07, 6.45) is -7.92. The van der Waals surface area contributed by atoms with Crippen molar-refractivity contribution in [3.63, 3.8) is 0 Å². The number of Topliss-reactive ketones (excluding diaryl/α,β-unsaturated/α-hetero) is 1. The zero-order valence-corrected chi connectivity index (χ0v) is 20.4. The second-order valence-electron chi connectivity index (χ2n) is 9.22. The van der Waals surface area contributed by atoms with Crippen LogP contribution in [0.15, 0.2) is 72.8 Å². The molecule has 11 heteroatoms. The van der Waals surface area contributed by atoms with Gasteiger partial charge in [0.25, 0.3) is 0 Å². The molecule has 0 heterocycles. The molecule has 0 aromatic heterocycles. The van der Waals surface area contributed by atoms with Crippen LogP contribution in [0.25, 0.3) is 0 Å². The van der Waals surface area contributed by atoms with Crippen LogP contribution in [0.1, 0.15) is 36.0 Å². The highest BCUT2D eigenvalue weighted by atomic mass is 19.3. The van der Waals surface area contributed by atoms with Crippen molar-refractivity contribution in [1.82, 2.24) is 10.6 Å². The number of ketones is 1. The Morgan fingerprint density at radius 1 is 0.949 bits per heavy atom. The Morgan fingerprint density at radius 2 is 1.64 bits per heavy atom. The maximum absolute atomic E-state index is 14.8. The van der Waals surface area contributed by atoms with Gasteiger partial charge in [0.2, 0.25) is 0 Å². The van der Waals surface area contributed by atoms with Crippen molar-refractivity contribution in [2.24, 2.45) is 0 Å². The van der Waals surface area contributed by atoms with Crippen LogP contribution in [0.4, 0.5) is 31.1 Å². The minimum Gasteiger partial charge on any atom is -0.428 e. The zero-order chi connectivity index (χ0) is 28.2. The summed E-state index contributed by atoms with van der Waals surface area (Å²) < 4.78 is 86.0. The lowest BCUT2D eigenvalue weighted by atomic mass is 9.77. The number of urea groups is 1. The molecule has 2 N–H and O–H groups in total. The molecule has 2 atom stereocenters. The summed E-state index contributed by atoms with van der Waals surface area (Å²) >= 11 is 0. The van der Waals surface area contributed by atoms with Crippen molar-refractivity contribution in [3.8, 4) is 5.75 Å². The van der Waals surface area contributed by atoms with E-state index in [1.807, 2.05) is 0 Å². The Morgan fingerprint density at radius 3 is 2.26 bits per heavy atom. The molecular formula is C28H24F6N2O3. The molecule has 5 nitrogen and oxygen atoms in total. The van der Waals surface area contributed by atoms with Crippen LogP contribution in [-0.2, 0) is 16.8 Å². The van der Waals surface area contributed by atoms with Crippen molar-refractivity contribution < 1.29 is 40.7 Å². The molecular weight excluding hydrogens is 526 g/mol. The number of ether oxygens (including phenoxy) is 1. The molecule has 1 aliphatic carbocycles. The van der Waals surface area contributed by atoms with Gasteiger partial charge in [0, 0.05) is 18.9 Å². The van der Waals surface area contributed by atoms with Crippen molar-refractivity contribution in [2.75, 3.05) is 0 Å². The van der Waals surface area contributed by atoms with Gasteiger partial charge in [-0.2, -0.15) is 17.6 Å². The lowest BCUT2D eigenvalue weighted by Gasteiger charge is -2.37. The molecule has 206 valence electrons. The topological polar surface area (TPSA) is 67.4 Å². The number of alkyl halides is 4. The molecule has 0 aliphatic heterocycles. The first-order valence-corrected chi connectivity index (χ1v) is 12.1. The van der Waals surface area contributed by atoms with Crippen LogP contribution in [-0.4, -0.2) is 30.4 Å². The van der Waals surface area contributed by atoms with Crippen molar-refractivity contribution in [1.29, 1.82) is 0 Å². The Kier molecular flexibility index (Phi) is 8.17. The maximum Gasteiger partial charge on any atom is 0.461 e. The molecule has 0 saturated heterocycles. The quantitative estimate of drug-likeness (QED) is 0.316. The maximum atomic E-state index is 14.8. The summed E-state index contributed by atoms with van der Waals surface area (Å²) in [5.41, 5.74) is -1.08. The summed E-state index contributed by atoms with van der Waals surface area (Å²) in [5.74, 6) is -2.81. The molecule has 4 rings (SSSR count). The second-order valence-corrected chi connectivity index (χ2v) is 9.22. The number of amides is 2. The number of rotatable bonds is 9. The van der Waals surface area contributed by atoms with E-state index in [2.05, 4.69) is 15.4 Å². The second kappa shape index (κ2) is 11.4. The fraction of sp³-hybridized carbons (Fsp3) is 0.286. The highest BCUT2D eigenvalue weighted by Gasteiger charge is 2.45. The molecule has 3 aromatic carbocycles. The number of halogens is 6. The minimum atomic E-state index is -4.92. The summed E-state index contributed by atoms with van der Waals surface area (Å²) in [6, 6.07) is 14.1. The van der Waals surface area contributed by atoms with Crippen molar-refractivity contribution in [2.45, 2.75) is 49.8 Å². The van der Waals surface area contributed by atoms with Gasteiger partial charge >= 0.3 is 18.6 Å². The van der Waals surface area contributed by atoms with E-state index in [0.717, 1.165) is 24.3 Å². The number of carbonyl (C=O) groups is 2. The van der Waals surface area contributed by atoms with Crippen LogP contribution in [0.2, 0.25) is 0 Å². The molecule has 1 fully saturated rings. The Bertz CT molecular complexity index is 1320. The Labute approximate surface area is 220 Å². The van der Waals surface area contributed by atoms with Crippen LogP contribution in [0.3, 0.4) is 0 Å². The van der Waals surface area contributed by atoms with Crippen LogP contribution >= 0.6 is 0 Å². The first kappa shape index (κ1) is 28.0. The van der Waals surface area contributed by atoms with E-state index in [0.29, 0.717) is 30.9 Å². The van der Waals surface area contributed by atoms with E-state index in [9.17, 15) is 35.9 Å². The van der Waals surface area contributed by atoms with Gasteiger partial charge in [-0.3, -0.25) is 4.79 Å². The molecule has 39 heavy (non-hydrogen) atoms. The largest absolute Gasteiger partial charge is 0.461 e. The first-order chi connectivity index (χ1) is 18.5. The third-order valence-electron chi connectivity index (χ3n) is 6.46. The van der Waals surface area contributed by atoms with E-state index in [1.165, 1.54) is 12.1 Å². The average molecular weight is 550 g/mol. The predicted molar refractivity (Wildman–Crippen MR) is 130 cm³/mol.